The second kappa shape index (κ2) is 8.53. The summed E-state index contributed by atoms with van der Waals surface area (Å²) in [4.78, 5) is 24.1. The zero-order chi connectivity index (χ0) is 18.2. The lowest BCUT2D eigenvalue weighted by Crippen LogP contribution is -2.41. The first-order valence-electron chi connectivity index (χ1n) is 7.65. The van der Waals surface area contributed by atoms with E-state index in [4.69, 9.17) is 9.47 Å². The first-order valence-corrected chi connectivity index (χ1v) is 7.65. The summed E-state index contributed by atoms with van der Waals surface area (Å²) in [7, 11) is 1.48. The molecule has 0 aliphatic carbocycles. The maximum atomic E-state index is 12.2. The number of carbonyl (C=O) groups excluding carboxylic acids is 2. The van der Waals surface area contributed by atoms with Crippen LogP contribution in [-0.2, 0) is 0 Å². The van der Waals surface area contributed by atoms with E-state index >= 15 is 0 Å². The molecule has 0 saturated heterocycles. The van der Waals surface area contributed by atoms with Crippen molar-refractivity contribution in [2.75, 3.05) is 13.7 Å². The first-order chi connectivity index (χ1) is 12.0. The van der Waals surface area contributed by atoms with Gasteiger partial charge in [0, 0.05) is 17.7 Å². The second-order valence-corrected chi connectivity index (χ2v) is 5.07. The van der Waals surface area contributed by atoms with Crippen molar-refractivity contribution in [2.45, 2.75) is 13.3 Å². The number of rotatable bonds is 6. The zero-order valence-electron chi connectivity index (χ0n) is 13.9. The van der Waals surface area contributed by atoms with Crippen LogP contribution in [0.4, 0.5) is 0 Å². The molecule has 132 valence electrons. The number of aromatic nitrogens is 1. The van der Waals surface area contributed by atoms with Gasteiger partial charge in [0.2, 0.25) is 0 Å². The molecule has 0 fully saturated rings. The Morgan fingerprint density at radius 2 is 1.68 bits per heavy atom. The molecule has 0 saturated carbocycles. The Bertz CT molecular complexity index is 746. The summed E-state index contributed by atoms with van der Waals surface area (Å²) < 4.78 is 11.3. The second-order valence-electron chi connectivity index (χ2n) is 5.07. The summed E-state index contributed by atoms with van der Waals surface area (Å²) in [5.41, 5.74) is 5.13. The fraction of sp³-hybridized carbons (Fsp3) is 0.235. The lowest BCUT2D eigenvalue weighted by atomic mass is 10.2. The number of amides is 2. The highest BCUT2D eigenvalue weighted by molar-refractivity contribution is 5.99. The highest BCUT2D eigenvalue weighted by atomic mass is 16.5. The highest BCUT2D eigenvalue weighted by Gasteiger charge is 2.13. The van der Waals surface area contributed by atoms with E-state index in [0.717, 1.165) is 6.42 Å². The quantitative estimate of drug-likeness (QED) is 0.465. The maximum Gasteiger partial charge on any atom is 0.270 e. The average molecular weight is 345 g/mol. The minimum atomic E-state index is -0.538. The summed E-state index contributed by atoms with van der Waals surface area (Å²) in [5, 5.41) is 10.9. The van der Waals surface area contributed by atoms with Crippen LogP contribution in [0.3, 0.4) is 0 Å². The normalized spacial score (nSPS) is 10.0. The maximum absolute atomic E-state index is 12.2. The lowest BCUT2D eigenvalue weighted by molar-refractivity contribution is -0.605. The number of hydrazine groups is 1. The zero-order valence-corrected chi connectivity index (χ0v) is 13.9. The smallest absolute Gasteiger partial charge is 0.270 e. The molecular formula is C17H19N3O5. The standard InChI is InChI=1S/C17H19N3O5/c1-3-10-25-14-5-4-13(11-15(14)24-2)17(22)19-18-16(21)12-6-8-20(23)9-7-12/h4-9,11H,3,10H2,1-2H3,(H,18,21)(H,19,22). The van der Waals surface area contributed by atoms with Gasteiger partial charge >= 0.3 is 0 Å². The molecule has 8 nitrogen and oxygen atoms in total. The topological polar surface area (TPSA) is 104 Å². The molecule has 0 spiro atoms. The highest BCUT2D eigenvalue weighted by Crippen LogP contribution is 2.28. The molecule has 2 rings (SSSR count). The average Bonchev–Trinajstić information content (AvgIpc) is 2.64. The minimum absolute atomic E-state index is 0.244. The van der Waals surface area contributed by atoms with Gasteiger partial charge < -0.3 is 14.7 Å². The van der Waals surface area contributed by atoms with Crippen molar-refractivity contribution in [1.29, 1.82) is 0 Å². The third kappa shape index (κ3) is 4.84. The Labute approximate surface area is 144 Å². The molecule has 8 heteroatoms. The Morgan fingerprint density at radius 1 is 1.04 bits per heavy atom. The van der Waals surface area contributed by atoms with Gasteiger partial charge in [0.25, 0.3) is 11.8 Å². The summed E-state index contributed by atoms with van der Waals surface area (Å²) in [5.74, 6) is -0.0806. The predicted octanol–water partition coefficient (Wildman–Crippen LogP) is 1.19. The fourth-order valence-corrected chi connectivity index (χ4v) is 1.96. The van der Waals surface area contributed by atoms with E-state index in [1.54, 1.807) is 12.1 Å². The number of carbonyl (C=O) groups is 2. The van der Waals surface area contributed by atoms with Crippen LogP contribution in [0.1, 0.15) is 34.1 Å². The summed E-state index contributed by atoms with van der Waals surface area (Å²) in [6.45, 7) is 2.53. The van der Waals surface area contributed by atoms with Crippen LogP contribution in [0.15, 0.2) is 42.7 Å². The number of methoxy groups -OCH3 is 1. The van der Waals surface area contributed by atoms with Gasteiger partial charge in [0.15, 0.2) is 23.9 Å². The van der Waals surface area contributed by atoms with Crippen LogP contribution in [0, 0.1) is 5.21 Å². The van der Waals surface area contributed by atoms with Gasteiger partial charge in [0.05, 0.1) is 19.3 Å². The van der Waals surface area contributed by atoms with E-state index in [1.165, 1.54) is 37.7 Å². The van der Waals surface area contributed by atoms with Crippen molar-refractivity contribution < 1.29 is 23.8 Å². The Kier molecular flexibility index (Phi) is 6.16. The van der Waals surface area contributed by atoms with E-state index in [9.17, 15) is 14.8 Å². The Balaban J connectivity index is 2.00. The van der Waals surface area contributed by atoms with Crippen LogP contribution in [0.2, 0.25) is 0 Å². The molecule has 2 N–H and O–H groups in total. The van der Waals surface area contributed by atoms with Crippen LogP contribution < -0.4 is 25.1 Å². The summed E-state index contributed by atoms with van der Waals surface area (Å²) in [6.07, 6.45) is 3.23. The Hall–Kier alpha value is -3.29. The summed E-state index contributed by atoms with van der Waals surface area (Å²) in [6, 6.07) is 7.41. The molecule has 1 heterocycles. The van der Waals surface area contributed by atoms with E-state index in [0.29, 0.717) is 28.4 Å². The van der Waals surface area contributed by atoms with Crippen molar-refractivity contribution in [1.82, 2.24) is 10.9 Å². The van der Waals surface area contributed by atoms with Crippen molar-refractivity contribution >= 4 is 11.8 Å². The molecule has 0 radical (unpaired) electrons. The number of hydrogen-bond acceptors (Lipinski definition) is 5. The van der Waals surface area contributed by atoms with E-state index < -0.39 is 11.8 Å². The van der Waals surface area contributed by atoms with Gasteiger partial charge in [-0.1, -0.05) is 6.92 Å². The SMILES string of the molecule is CCCOc1ccc(C(=O)NNC(=O)c2cc[n+]([O-])cc2)cc1OC. The molecule has 2 amide bonds. The van der Waals surface area contributed by atoms with Gasteiger partial charge in [-0.25, -0.2) is 0 Å². The van der Waals surface area contributed by atoms with E-state index in [-0.39, 0.29) is 5.56 Å². The van der Waals surface area contributed by atoms with Crippen molar-refractivity contribution in [2.24, 2.45) is 0 Å². The van der Waals surface area contributed by atoms with Crippen molar-refractivity contribution in [3.8, 4) is 11.5 Å². The Morgan fingerprint density at radius 3 is 2.28 bits per heavy atom. The van der Waals surface area contributed by atoms with E-state index in [1.807, 2.05) is 6.92 Å². The van der Waals surface area contributed by atoms with Crippen LogP contribution in [0.5, 0.6) is 11.5 Å². The number of nitrogens with zero attached hydrogens (tertiary/aromatic N) is 1. The molecule has 0 atom stereocenters. The number of nitrogens with one attached hydrogen (secondary N) is 2. The van der Waals surface area contributed by atoms with Gasteiger partial charge in [-0.15, -0.1) is 0 Å². The lowest BCUT2D eigenvalue weighted by Gasteiger charge is -2.12. The monoisotopic (exact) mass is 345 g/mol. The molecule has 1 aromatic carbocycles. The molecule has 2 aromatic rings. The number of hydrogen-bond donors (Lipinski definition) is 2. The predicted molar refractivity (Wildman–Crippen MR) is 89.1 cm³/mol. The van der Waals surface area contributed by atoms with Gasteiger partial charge in [0.1, 0.15) is 0 Å². The van der Waals surface area contributed by atoms with Crippen LogP contribution in [-0.4, -0.2) is 25.5 Å². The first kappa shape index (κ1) is 18.1. The van der Waals surface area contributed by atoms with E-state index in [2.05, 4.69) is 10.9 Å². The number of pyridine rings is 1. The number of benzene rings is 1. The molecular weight excluding hydrogens is 326 g/mol. The van der Waals surface area contributed by atoms with Gasteiger partial charge in [-0.05, 0) is 24.6 Å². The van der Waals surface area contributed by atoms with Crippen molar-refractivity contribution in [3.63, 3.8) is 0 Å². The molecule has 0 bridgehead atoms. The summed E-state index contributed by atoms with van der Waals surface area (Å²) >= 11 is 0. The largest absolute Gasteiger partial charge is 0.619 e. The molecule has 0 aliphatic heterocycles. The van der Waals surface area contributed by atoms with Crippen LogP contribution >= 0.6 is 0 Å². The molecule has 1 aromatic heterocycles. The van der Waals surface area contributed by atoms with Gasteiger partial charge in [-0.3, -0.25) is 20.4 Å². The molecule has 0 aliphatic rings. The molecule has 25 heavy (non-hydrogen) atoms. The third-order valence-electron chi connectivity index (χ3n) is 3.24. The third-order valence-corrected chi connectivity index (χ3v) is 3.24. The van der Waals surface area contributed by atoms with Gasteiger partial charge in [-0.2, -0.15) is 4.73 Å². The minimum Gasteiger partial charge on any atom is -0.619 e. The van der Waals surface area contributed by atoms with Crippen molar-refractivity contribution in [3.05, 3.63) is 59.1 Å². The molecule has 0 unspecified atom stereocenters. The fourth-order valence-electron chi connectivity index (χ4n) is 1.96. The number of ether oxygens (including phenoxy) is 2. The van der Waals surface area contributed by atoms with Crippen LogP contribution in [0.25, 0.3) is 0 Å².